The zero-order valence-electron chi connectivity index (χ0n) is 15.5. The number of ether oxygens (including phenoxy) is 1. The van der Waals surface area contributed by atoms with Crippen LogP contribution in [0.1, 0.15) is 11.3 Å². The molecule has 1 aromatic carbocycles. The molecule has 1 aliphatic rings. The summed E-state index contributed by atoms with van der Waals surface area (Å²) in [5.74, 6) is 0.271. The normalized spacial score (nSPS) is 12.1. The fourth-order valence-electron chi connectivity index (χ4n) is 3.63. The van der Waals surface area contributed by atoms with Crippen LogP contribution in [0, 0.1) is 12.7 Å². The summed E-state index contributed by atoms with van der Waals surface area (Å²) < 4.78 is 21.6. The van der Waals surface area contributed by atoms with E-state index in [0.717, 1.165) is 5.56 Å². The molecule has 0 radical (unpaired) electrons. The predicted octanol–water partition coefficient (Wildman–Crippen LogP) is 3.70. The first-order chi connectivity index (χ1) is 14.1. The second-order valence-electron chi connectivity index (χ2n) is 6.71. The number of fused-ring (bicyclic) bond motifs is 3. The monoisotopic (exact) mass is 386 g/mol. The number of hydrogen-bond acceptors (Lipinski definition) is 5. The summed E-state index contributed by atoms with van der Waals surface area (Å²) in [6.45, 7) is 1.86. The van der Waals surface area contributed by atoms with Crippen molar-refractivity contribution < 1.29 is 9.13 Å². The summed E-state index contributed by atoms with van der Waals surface area (Å²) in [4.78, 5) is 26.1. The summed E-state index contributed by atoms with van der Waals surface area (Å²) in [6, 6.07) is 10.1. The Bertz CT molecular complexity index is 1300. The summed E-state index contributed by atoms with van der Waals surface area (Å²) >= 11 is 0. The van der Waals surface area contributed by atoms with E-state index in [1.54, 1.807) is 49.8 Å². The van der Waals surface area contributed by atoms with Crippen LogP contribution in [0.15, 0.2) is 66.1 Å². The maximum atomic E-state index is 14.2. The Labute approximate surface area is 165 Å². The van der Waals surface area contributed by atoms with Crippen LogP contribution in [-0.2, 0) is 6.61 Å². The van der Waals surface area contributed by atoms with Gasteiger partial charge in [-0.2, -0.15) is 0 Å². The molecule has 142 valence electrons. The topological polar surface area (TPSA) is 69.9 Å². The predicted molar refractivity (Wildman–Crippen MR) is 105 cm³/mol. The number of halogens is 1. The van der Waals surface area contributed by atoms with Crippen molar-refractivity contribution in [1.82, 2.24) is 19.5 Å². The van der Waals surface area contributed by atoms with E-state index in [9.17, 15) is 9.18 Å². The van der Waals surface area contributed by atoms with Crippen molar-refractivity contribution in [2.45, 2.75) is 13.5 Å². The van der Waals surface area contributed by atoms with Crippen molar-refractivity contribution in [1.29, 1.82) is 0 Å². The van der Waals surface area contributed by atoms with Crippen molar-refractivity contribution in [3.05, 3.63) is 88.7 Å². The number of pyridine rings is 2. The van der Waals surface area contributed by atoms with Gasteiger partial charge < -0.3 is 4.74 Å². The van der Waals surface area contributed by atoms with Gasteiger partial charge in [-0.15, -0.1) is 0 Å². The van der Waals surface area contributed by atoms with Gasteiger partial charge in [0.25, 0.3) is 5.56 Å². The summed E-state index contributed by atoms with van der Waals surface area (Å²) in [7, 11) is 0. The van der Waals surface area contributed by atoms with E-state index in [1.807, 2.05) is 6.07 Å². The quantitative estimate of drug-likeness (QED) is 0.525. The van der Waals surface area contributed by atoms with Gasteiger partial charge in [0.05, 0.1) is 23.8 Å². The zero-order chi connectivity index (χ0) is 20.0. The summed E-state index contributed by atoms with van der Waals surface area (Å²) in [5.41, 5.74) is 3.57. The van der Waals surface area contributed by atoms with E-state index >= 15 is 0 Å². The van der Waals surface area contributed by atoms with Crippen molar-refractivity contribution >= 4 is 0 Å². The lowest BCUT2D eigenvalue weighted by Crippen LogP contribution is -2.27. The van der Waals surface area contributed by atoms with Gasteiger partial charge in [-0.1, -0.05) is 12.1 Å². The molecule has 1 aliphatic heterocycles. The van der Waals surface area contributed by atoms with Gasteiger partial charge in [0.15, 0.2) is 0 Å². The van der Waals surface area contributed by atoms with Crippen LogP contribution in [0.5, 0.6) is 5.75 Å². The second kappa shape index (κ2) is 6.63. The van der Waals surface area contributed by atoms with Crippen molar-refractivity contribution in [3.63, 3.8) is 0 Å². The van der Waals surface area contributed by atoms with Gasteiger partial charge in [0, 0.05) is 17.3 Å². The molecule has 0 unspecified atom stereocenters. The Morgan fingerprint density at radius 1 is 1.07 bits per heavy atom. The van der Waals surface area contributed by atoms with Crippen LogP contribution in [0.3, 0.4) is 0 Å². The Kier molecular flexibility index (Phi) is 3.94. The number of rotatable bonds is 2. The van der Waals surface area contributed by atoms with Crippen molar-refractivity contribution in [2.24, 2.45) is 0 Å². The van der Waals surface area contributed by atoms with Gasteiger partial charge in [0.2, 0.25) is 0 Å². The van der Waals surface area contributed by atoms with Gasteiger partial charge in [-0.05, 0) is 42.3 Å². The van der Waals surface area contributed by atoms with Gasteiger partial charge in [0.1, 0.15) is 30.2 Å². The summed E-state index contributed by atoms with van der Waals surface area (Å²) in [5, 5.41) is 0. The maximum absolute atomic E-state index is 14.2. The van der Waals surface area contributed by atoms with E-state index in [1.165, 1.54) is 17.0 Å². The van der Waals surface area contributed by atoms with Crippen LogP contribution in [0.2, 0.25) is 0 Å². The van der Waals surface area contributed by atoms with Crippen molar-refractivity contribution in [2.75, 3.05) is 0 Å². The molecule has 0 atom stereocenters. The molecule has 4 heterocycles. The van der Waals surface area contributed by atoms with Crippen LogP contribution in [0.4, 0.5) is 4.39 Å². The van der Waals surface area contributed by atoms with E-state index in [0.29, 0.717) is 39.5 Å². The third kappa shape index (κ3) is 2.70. The van der Waals surface area contributed by atoms with Gasteiger partial charge in [-0.25, -0.2) is 14.4 Å². The van der Waals surface area contributed by atoms with Crippen LogP contribution in [-0.4, -0.2) is 19.5 Å². The van der Waals surface area contributed by atoms with Crippen LogP contribution in [0.25, 0.3) is 28.1 Å². The Balaban J connectivity index is 1.90. The Morgan fingerprint density at radius 2 is 1.90 bits per heavy atom. The molecule has 0 fully saturated rings. The van der Waals surface area contributed by atoms with Crippen molar-refractivity contribution in [3.8, 4) is 33.8 Å². The third-order valence-corrected chi connectivity index (χ3v) is 5.06. The standard InChI is InChI=1S/C22H15FN4O2/c1-13-15(4-2-5-18(13)23)16-8-17-19(11-29-20-6-3-7-26-21(17)20)27(22(16)28)14-9-24-12-25-10-14/h2-10,12H,11H2,1H3. The smallest absolute Gasteiger partial charge is 0.263 e. The fourth-order valence-corrected chi connectivity index (χ4v) is 3.63. The molecule has 29 heavy (non-hydrogen) atoms. The highest BCUT2D eigenvalue weighted by Gasteiger charge is 2.26. The van der Waals surface area contributed by atoms with Crippen LogP contribution >= 0.6 is 0 Å². The molecule has 3 aromatic heterocycles. The SMILES string of the molecule is Cc1c(F)cccc1-c1cc2c(n(-c3cncnc3)c1=O)COc1cccnc1-2. The Morgan fingerprint density at radius 3 is 2.72 bits per heavy atom. The second-order valence-corrected chi connectivity index (χ2v) is 6.71. The number of hydrogen-bond donors (Lipinski definition) is 0. The first-order valence-corrected chi connectivity index (χ1v) is 9.03. The van der Waals surface area contributed by atoms with Gasteiger partial charge in [-0.3, -0.25) is 14.3 Å². The Hall–Kier alpha value is -3.87. The molecular formula is C22H15FN4O2. The number of aromatic nitrogens is 4. The first kappa shape index (κ1) is 17.2. The maximum Gasteiger partial charge on any atom is 0.263 e. The highest BCUT2D eigenvalue weighted by Crippen LogP contribution is 2.37. The fraction of sp³-hybridized carbons (Fsp3) is 0.0909. The van der Waals surface area contributed by atoms with E-state index in [4.69, 9.17) is 4.74 Å². The number of nitrogens with zero attached hydrogens (tertiary/aromatic N) is 4. The zero-order valence-corrected chi connectivity index (χ0v) is 15.5. The summed E-state index contributed by atoms with van der Waals surface area (Å²) in [6.07, 6.45) is 6.19. The molecule has 0 saturated carbocycles. The molecule has 0 saturated heterocycles. The number of benzene rings is 1. The minimum Gasteiger partial charge on any atom is -0.485 e. The lowest BCUT2D eigenvalue weighted by atomic mass is 9.96. The van der Waals surface area contributed by atoms with E-state index < -0.39 is 0 Å². The lowest BCUT2D eigenvalue weighted by molar-refractivity contribution is 0.292. The molecule has 7 heteroatoms. The van der Waals surface area contributed by atoms with Gasteiger partial charge >= 0.3 is 0 Å². The van der Waals surface area contributed by atoms with E-state index in [-0.39, 0.29) is 18.0 Å². The first-order valence-electron chi connectivity index (χ1n) is 9.03. The minimum atomic E-state index is -0.365. The molecule has 0 spiro atoms. The minimum absolute atomic E-state index is 0.195. The molecule has 5 rings (SSSR count). The van der Waals surface area contributed by atoms with Crippen LogP contribution < -0.4 is 10.3 Å². The average molecular weight is 386 g/mol. The molecule has 4 aromatic rings. The highest BCUT2D eigenvalue weighted by atomic mass is 19.1. The average Bonchev–Trinajstić information content (AvgIpc) is 2.76. The molecule has 0 N–H and O–H groups in total. The van der Waals surface area contributed by atoms with E-state index in [2.05, 4.69) is 15.0 Å². The molecule has 0 bridgehead atoms. The lowest BCUT2D eigenvalue weighted by Gasteiger charge is -2.24. The molecule has 6 nitrogen and oxygen atoms in total. The largest absolute Gasteiger partial charge is 0.485 e. The molecular weight excluding hydrogens is 371 g/mol. The molecule has 0 aliphatic carbocycles. The molecule has 0 amide bonds. The third-order valence-electron chi connectivity index (χ3n) is 5.06. The highest BCUT2D eigenvalue weighted by molar-refractivity contribution is 5.78.